The molecule has 0 aliphatic heterocycles. The normalized spacial score (nSPS) is 10.4. The molecule has 0 heterocycles. The zero-order valence-electron chi connectivity index (χ0n) is 11.7. The van der Waals surface area contributed by atoms with E-state index in [9.17, 15) is 4.39 Å². The second kappa shape index (κ2) is 6.85. The first kappa shape index (κ1) is 15.0. The number of nitrogen functional groups attached to an aromatic ring is 1. The monoisotopic (exact) mass is 288 g/mol. The number of methoxy groups -OCH3 is 1. The number of nitrogens with two attached hydrogens (primary N) is 1. The minimum atomic E-state index is -0.504. The first-order valence-electron chi connectivity index (χ1n) is 6.44. The van der Waals surface area contributed by atoms with Crippen molar-refractivity contribution in [2.24, 2.45) is 5.73 Å². The number of ether oxygens (including phenoxy) is 2. The fourth-order valence-electron chi connectivity index (χ4n) is 1.94. The molecule has 0 fully saturated rings. The van der Waals surface area contributed by atoms with Crippen LogP contribution >= 0.6 is 0 Å². The summed E-state index contributed by atoms with van der Waals surface area (Å²) in [5.74, 6) is -0.0429. The molecular weight excluding hydrogens is 271 g/mol. The lowest BCUT2D eigenvalue weighted by molar-refractivity contribution is 0.104. The highest BCUT2D eigenvalue weighted by atomic mass is 19.1. The van der Waals surface area contributed by atoms with Gasteiger partial charge in [-0.05, 0) is 23.8 Å². The van der Waals surface area contributed by atoms with Crippen molar-refractivity contribution in [2.45, 2.75) is 13.2 Å². The molecule has 0 saturated carbocycles. The van der Waals surface area contributed by atoms with E-state index in [2.05, 4.69) is 0 Å². The van der Waals surface area contributed by atoms with Crippen molar-refractivity contribution in [3.05, 3.63) is 65.0 Å². The van der Waals surface area contributed by atoms with Crippen LogP contribution in [0.2, 0.25) is 0 Å². The lowest BCUT2D eigenvalue weighted by Crippen LogP contribution is -2.14. The van der Waals surface area contributed by atoms with E-state index >= 15 is 0 Å². The van der Waals surface area contributed by atoms with Gasteiger partial charge in [-0.3, -0.25) is 5.41 Å². The molecule has 0 radical (unpaired) electrons. The second-order valence-electron chi connectivity index (χ2n) is 4.54. The van der Waals surface area contributed by atoms with Crippen LogP contribution in [0.4, 0.5) is 4.39 Å². The summed E-state index contributed by atoms with van der Waals surface area (Å²) >= 11 is 0. The minimum absolute atomic E-state index is 0.0949. The summed E-state index contributed by atoms with van der Waals surface area (Å²) in [6.07, 6.45) is 0. The minimum Gasteiger partial charge on any atom is -0.497 e. The Kier molecular flexibility index (Phi) is 4.90. The molecule has 2 aromatic carbocycles. The Labute approximate surface area is 122 Å². The Morgan fingerprint density at radius 2 is 1.95 bits per heavy atom. The lowest BCUT2D eigenvalue weighted by Gasteiger charge is -2.09. The summed E-state index contributed by atoms with van der Waals surface area (Å²) in [5, 5.41) is 7.31. The molecule has 0 unspecified atom stereocenters. The summed E-state index contributed by atoms with van der Waals surface area (Å²) in [6, 6.07) is 12.2. The molecular formula is C16H17FN2O2. The van der Waals surface area contributed by atoms with Crippen molar-refractivity contribution in [3.8, 4) is 5.75 Å². The number of nitrogens with one attached hydrogen (secondary N) is 1. The highest BCUT2D eigenvalue weighted by molar-refractivity contribution is 5.95. The third-order valence-corrected chi connectivity index (χ3v) is 3.03. The van der Waals surface area contributed by atoms with Crippen LogP contribution in [0.1, 0.15) is 16.7 Å². The van der Waals surface area contributed by atoms with Crippen molar-refractivity contribution in [1.29, 1.82) is 5.41 Å². The molecule has 3 N–H and O–H groups in total. The van der Waals surface area contributed by atoms with Gasteiger partial charge in [0.2, 0.25) is 0 Å². The number of hydrogen-bond acceptors (Lipinski definition) is 3. The van der Waals surface area contributed by atoms with Crippen molar-refractivity contribution >= 4 is 5.84 Å². The molecule has 2 aromatic rings. The van der Waals surface area contributed by atoms with Gasteiger partial charge in [0.25, 0.3) is 0 Å². The smallest absolute Gasteiger partial charge is 0.139 e. The third kappa shape index (κ3) is 3.79. The van der Waals surface area contributed by atoms with Gasteiger partial charge in [-0.2, -0.15) is 0 Å². The van der Waals surface area contributed by atoms with Gasteiger partial charge in [-0.15, -0.1) is 0 Å². The van der Waals surface area contributed by atoms with E-state index in [0.717, 1.165) is 11.3 Å². The molecule has 110 valence electrons. The van der Waals surface area contributed by atoms with E-state index in [-0.39, 0.29) is 18.0 Å². The topological polar surface area (TPSA) is 68.3 Å². The standard InChI is InChI=1S/C16H17FN2O2/c1-20-13-6-2-4-11(8-13)9-21-10-12-5-3-7-14(15(12)17)16(18)19/h2-8H,9-10H2,1H3,(H3,18,19). The Balaban J connectivity index is 2.00. The lowest BCUT2D eigenvalue weighted by atomic mass is 10.1. The quantitative estimate of drug-likeness (QED) is 0.634. The van der Waals surface area contributed by atoms with Crippen molar-refractivity contribution in [3.63, 3.8) is 0 Å². The molecule has 0 atom stereocenters. The summed E-state index contributed by atoms with van der Waals surface area (Å²) < 4.78 is 24.7. The highest BCUT2D eigenvalue weighted by Crippen LogP contribution is 2.16. The van der Waals surface area contributed by atoms with E-state index in [1.165, 1.54) is 6.07 Å². The van der Waals surface area contributed by atoms with Crippen LogP contribution in [0, 0.1) is 11.2 Å². The fourth-order valence-corrected chi connectivity index (χ4v) is 1.94. The van der Waals surface area contributed by atoms with Crippen LogP contribution in [0.5, 0.6) is 5.75 Å². The summed E-state index contributed by atoms with van der Waals surface area (Å²) in [6.45, 7) is 0.463. The Bertz CT molecular complexity index is 644. The average molecular weight is 288 g/mol. The third-order valence-electron chi connectivity index (χ3n) is 3.03. The molecule has 0 aromatic heterocycles. The molecule has 0 amide bonds. The zero-order chi connectivity index (χ0) is 15.2. The molecule has 0 saturated heterocycles. The molecule has 0 bridgehead atoms. The van der Waals surface area contributed by atoms with Gasteiger partial charge in [0.1, 0.15) is 17.4 Å². The molecule has 0 aliphatic rings. The van der Waals surface area contributed by atoms with Gasteiger partial charge in [0.05, 0.1) is 25.9 Å². The van der Waals surface area contributed by atoms with Gasteiger partial charge in [-0.1, -0.05) is 24.3 Å². The van der Waals surface area contributed by atoms with E-state index in [0.29, 0.717) is 12.2 Å². The maximum atomic E-state index is 14.0. The van der Waals surface area contributed by atoms with Crippen LogP contribution < -0.4 is 10.5 Å². The molecule has 5 heteroatoms. The van der Waals surface area contributed by atoms with Gasteiger partial charge in [0, 0.05) is 5.56 Å². The Morgan fingerprint density at radius 1 is 1.19 bits per heavy atom. The van der Waals surface area contributed by atoms with Gasteiger partial charge in [-0.25, -0.2) is 4.39 Å². The molecule has 0 spiro atoms. The summed E-state index contributed by atoms with van der Waals surface area (Å²) in [7, 11) is 1.60. The van der Waals surface area contributed by atoms with Gasteiger partial charge < -0.3 is 15.2 Å². The van der Waals surface area contributed by atoms with E-state index < -0.39 is 5.82 Å². The Morgan fingerprint density at radius 3 is 2.67 bits per heavy atom. The summed E-state index contributed by atoms with van der Waals surface area (Å²) in [5.41, 5.74) is 6.74. The van der Waals surface area contributed by atoms with E-state index in [4.69, 9.17) is 20.6 Å². The molecule has 4 nitrogen and oxygen atoms in total. The molecule has 21 heavy (non-hydrogen) atoms. The van der Waals surface area contributed by atoms with Crippen LogP contribution in [-0.2, 0) is 18.0 Å². The average Bonchev–Trinajstić information content (AvgIpc) is 2.49. The van der Waals surface area contributed by atoms with Gasteiger partial charge in [0.15, 0.2) is 0 Å². The van der Waals surface area contributed by atoms with Crippen LogP contribution in [-0.4, -0.2) is 12.9 Å². The first-order chi connectivity index (χ1) is 10.1. The van der Waals surface area contributed by atoms with Crippen LogP contribution in [0.15, 0.2) is 42.5 Å². The second-order valence-corrected chi connectivity index (χ2v) is 4.54. The number of amidine groups is 1. The maximum absolute atomic E-state index is 14.0. The number of rotatable bonds is 6. The molecule has 0 aliphatic carbocycles. The predicted octanol–water partition coefficient (Wildman–Crippen LogP) is 2.84. The maximum Gasteiger partial charge on any atom is 0.139 e. The van der Waals surface area contributed by atoms with Crippen molar-refractivity contribution in [1.82, 2.24) is 0 Å². The van der Waals surface area contributed by atoms with Crippen LogP contribution in [0.3, 0.4) is 0 Å². The highest BCUT2D eigenvalue weighted by Gasteiger charge is 2.10. The van der Waals surface area contributed by atoms with Crippen LogP contribution in [0.25, 0.3) is 0 Å². The predicted molar refractivity (Wildman–Crippen MR) is 78.9 cm³/mol. The van der Waals surface area contributed by atoms with Gasteiger partial charge >= 0.3 is 0 Å². The van der Waals surface area contributed by atoms with E-state index in [1.54, 1.807) is 19.2 Å². The van der Waals surface area contributed by atoms with Crippen molar-refractivity contribution in [2.75, 3.05) is 7.11 Å². The number of benzene rings is 2. The zero-order valence-corrected chi connectivity index (χ0v) is 11.7. The SMILES string of the molecule is COc1cccc(COCc2cccc(C(=N)N)c2F)c1. The summed E-state index contributed by atoms with van der Waals surface area (Å²) in [4.78, 5) is 0. The fraction of sp³-hybridized carbons (Fsp3) is 0.188. The molecule has 2 rings (SSSR count). The largest absolute Gasteiger partial charge is 0.497 e. The van der Waals surface area contributed by atoms with E-state index in [1.807, 2.05) is 24.3 Å². The Hall–Kier alpha value is -2.40. The van der Waals surface area contributed by atoms with Crippen molar-refractivity contribution < 1.29 is 13.9 Å². The number of hydrogen-bond donors (Lipinski definition) is 2. The number of halogens is 1. The first-order valence-corrected chi connectivity index (χ1v) is 6.44.